The van der Waals surface area contributed by atoms with Crippen LogP contribution in [0.3, 0.4) is 0 Å². The summed E-state index contributed by atoms with van der Waals surface area (Å²) in [4.78, 5) is 39.8. The van der Waals surface area contributed by atoms with Gasteiger partial charge in [0.05, 0.1) is 23.1 Å². The average Bonchev–Trinajstić information content (AvgIpc) is 3.49. The van der Waals surface area contributed by atoms with Crippen molar-refractivity contribution in [2.45, 2.75) is 65.0 Å². The SMILES string of the molecule is CC(=O)c1c([C@@H]2CCN(C(=O)c3nnc(C)[nH]3)[C@@H](C)C2)nc2c(-c3ccc(C(C)(C)O)nc3)cnn2c1N. The van der Waals surface area contributed by atoms with E-state index in [1.165, 1.54) is 11.4 Å². The standard InChI is InChI=1S/C26H31N9O3/c1-13-10-16(8-9-34(13)25(37)23-30-15(3)32-33-23)21-20(14(2)36)22(27)35-24(31-21)18(12-29-35)17-6-7-19(28-11-17)26(4,5)38/h6-7,11-13,16,38H,8-10,27H2,1-5H3,(H,30,32,33)/t13-,16+/m0/s1. The Morgan fingerprint density at radius 3 is 2.55 bits per heavy atom. The average molecular weight is 518 g/mol. The number of hydrogen-bond donors (Lipinski definition) is 3. The quantitative estimate of drug-likeness (QED) is 0.337. The van der Waals surface area contributed by atoms with Gasteiger partial charge in [-0.1, -0.05) is 6.07 Å². The summed E-state index contributed by atoms with van der Waals surface area (Å²) in [6.07, 6.45) is 4.53. The lowest BCUT2D eigenvalue weighted by molar-refractivity contribution is 0.0600. The Bertz CT molecular complexity index is 1530. The van der Waals surface area contributed by atoms with Gasteiger partial charge in [-0.25, -0.2) is 4.98 Å². The van der Waals surface area contributed by atoms with Crippen molar-refractivity contribution < 1.29 is 14.7 Å². The number of likely N-dealkylation sites (tertiary alicyclic amines) is 1. The molecule has 4 aromatic rings. The molecule has 38 heavy (non-hydrogen) atoms. The highest BCUT2D eigenvalue weighted by atomic mass is 16.3. The number of nitrogens with two attached hydrogens (primary N) is 1. The summed E-state index contributed by atoms with van der Waals surface area (Å²) in [5.74, 6) is 0.545. The third-order valence-corrected chi connectivity index (χ3v) is 7.09. The maximum atomic E-state index is 13.0. The molecule has 0 spiro atoms. The Hall–Kier alpha value is -4.19. The first kappa shape index (κ1) is 25.5. The highest BCUT2D eigenvalue weighted by Crippen LogP contribution is 2.37. The molecule has 1 fully saturated rings. The minimum atomic E-state index is -1.06. The molecule has 1 aliphatic heterocycles. The number of nitrogens with zero attached hydrogens (tertiary/aromatic N) is 7. The van der Waals surface area contributed by atoms with Crippen molar-refractivity contribution in [1.29, 1.82) is 0 Å². The van der Waals surface area contributed by atoms with Crippen LogP contribution in [0.15, 0.2) is 24.5 Å². The second-order valence-electron chi connectivity index (χ2n) is 10.4. The number of piperidine rings is 1. The Labute approximate surface area is 219 Å². The van der Waals surface area contributed by atoms with Crippen molar-refractivity contribution in [1.82, 2.24) is 39.7 Å². The molecule has 198 valence electrons. The number of carbonyl (C=O) groups is 2. The molecule has 0 aromatic carbocycles. The van der Waals surface area contributed by atoms with Crippen molar-refractivity contribution in [3.05, 3.63) is 53.1 Å². The number of Topliss-reactive ketones (excluding diaryl/α,β-unsaturated/α-hetero) is 1. The van der Waals surface area contributed by atoms with Gasteiger partial charge < -0.3 is 20.7 Å². The van der Waals surface area contributed by atoms with E-state index in [1.54, 1.807) is 44.1 Å². The summed E-state index contributed by atoms with van der Waals surface area (Å²) in [5, 5.41) is 22.5. The smallest absolute Gasteiger partial charge is 0.291 e. The summed E-state index contributed by atoms with van der Waals surface area (Å²) in [7, 11) is 0. The maximum Gasteiger partial charge on any atom is 0.291 e. The number of H-pyrrole nitrogens is 1. The molecule has 5 heterocycles. The first-order valence-electron chi connectivity index (χ1n) is 12.5. The van der Waals surface area contributed by atoms with E-state index in [0.717, 1.165) is 5.56 Å². The number of nitrogen functional groups attached to an aromatic ring is 1. The largest absolute Gasteiger partial charge is 0.384 e. The first-order chi connectivity index (χ1) is 18.0. The van der Waals surface area contributed by atoms with Gasteiger partial charge >= 0.3 is 0 Å². The van der Waals surface area contributed by atoms with E-state index < -0.39 is 5.60 Å². The number of anilines is 1. The van der Waals surface area contributed by atoms with Crippen molar-refractivity contribution in [2.75, 3.05) is 12.3 Å². The molecule has 4 N–H and O–H groups in total. The zero-order valence-electron chi connectivity index (χ0n) is 22.1. The number of hydrogen-bond acceptors (Lipinski definition) is 9. The van der Waals surface area contributed by atoms with Crippen LogP contribution in [0.2, 0.25) is 0 Å². The van der Waals surface area contributed by atoms with Gasteiger partial charge in [-0.2, -0.15) is 9.61 Å². The van der Waals surface area contributed by atoms with Gasteiger partial charge in [0.2, 0.25) is 5.82 Å². The van der Waals surface area contributed by atoms with Gasteiger partial charge in [-0.15, -0.1) is 10.2 Å². The normalized spacial score (nSPS) is 18.2. The highest BCUT2D eigenvalue weighted by molar-refractivity contribution is 6.00. The van der Waals surface area contributed by atoms with E-state index in [0.29, 0.717) is 53.4 Å². The van der Waals surface area contributed by atoms with Crippen molar-refractivity contribution >= 4 is 23.2 Å². The monoisotopic (exact) mass is 517 g/mol. The van der Waals surface area contributed by atoms with Gasteiger partial charge in [-0.3, -0.25) is 14.6 Å². The minimum Gasteiger partial charge on any atom is -0.384 e. The molecule has 0 aliphatic carbocycles. The van der Waals surface area contributed by atoms with Crippen LogP contribution in [0.1, 0.15) is 84.6 Å². The van der Waals surface area contributed by atoms with Crippen molar-refractivity contribution in [3.8, 4) is 11.1 Å². The number of aromatic amines is 1. The topological polar surface area (TPSA) is 168 Å². The molecule has 0 bridgehead atoms. The number of fused-ring (bicyclic) bond motifs is 1. The number of aromatic nitrogens is 7. The fourth-order valence-corrected chi connectivity index (χ4v) is 5.11. The van der Waals surface area contributed by atoms with Crippen LogP contribution < -0.4 is 5.73 Å². The molecule has 0 unspecified atom stereocenters. The fourth-order valence-electron chi connectivity index (χ4n) is 5.11. The molecule has 1 saturated heterocycles. The van der Waals surface area contributed by atoms with E-state index in [2.05, 4.69) is 25.3 Å². The van der Waals surface area contributed by atoms with E-state index >= 15 is 0 Å². The van der Waals surface area contributed by atoms with Crippen LogP contribution in [0.5, 0.6) is 0 Å². The fraction of sp³-hybridized carbons (Fsp3) is 0.423. The number of aliphatic hydroxyl groups is 1. The number of carbonyl (C=O) groups excluding carboxylic acids is 2. The van der Waals surface area contributed by atoms with E-state index in [-0.39, 0.29) is 35.3 Å². The molecule has 0 saturated carbocycles. The van der Waals surface area contributed by atoms with Crippen LogP contribution >= 0.6 is 0 Å². The van der Waals surface area contributed by atoms with Gasteiger partial charge in [-0.05, 0) is 53.5 Å². The third kappa shape index (κ3) is 4.40. The zero-order chi connectivity index (χ0) is 27.4. The van der Waals surface area contributed by atoms with Crippen LogP contribution in [-0.4, -0.2) is 69.0 Å². The van der Waals surface area contributed by atoms with Crippen LogP contribution in [0.25, 0.3) is 16.8 Å². The summed E-state index contributed by atoms with van der Waals surface area (Å²) in [5.41, 5.74) is 8.93. The summed E-state index contributed by atoms with van der Waals surface area (Å²) >= 11 is 0. The van der Waals surface area contributed by atoms with Crippen LogP contribution in [0, 0.1) is 6.92 Å². The molecule has 5 rings (SSSR count). The number of ketones is 1. The number of rotatable bonds is 5. The number of aryl methyl sites for hydroxylation is 1. The van der Waals surface area contributed by atoms with E-state index in [1.807, 2.05) is 13.0 Å². The first-order valence-corrected chi connectivity index (χ1v) is 12.5. The van der Waals surface area contributed by atoms with E-state index in [4.69, 9.17) is 10.7 Å². The second kappa shape index (κ2) is 9.28. The third-order valence-electron chi connectivity index (χ3n) is 7.09. The molecular weight excluding hydrogens is 486 g/mol. The van der Waals surface area contributed by atoms with Crippen LogP contribution in [-0.2, 0) is 5.60 Å². The van der Waals surface area contributed by atoms with E-state index in [9.17, 15) is 14.7 Å². The Balaban J connectivity index is 1.51. The predicted molar refractivity (Wildman–Crippen MR) is 139 cm³/mol. The van der Waals surface area contributed by atoms with Gasteiger partial charge in [0.25, 0.3) is 5.91 Å². The molecule has 12 heteroatoms. The van der Waals surface area contributed by atoms with Gasteiger partial charge in [0.15, 0.2) is 11.4 Å². The number of nitrogens with one attached hydrogen (secondary N) is 1. The Morgan fingerprint density at radius 1 is 1.21 bits per heavy atom. The Kier molecular flexibility index (Phi) is 6.22. The summed E-state index contributed by atoms with van der Waals surface area (Å²) in [6, 6.07) is 3.50. The lowest BCUT2D eigenvalue weighted by Gasteiger charge is -2.37. The van der Waals surface area contributed by atoms with Gasteiger partial charge in [0.1, 0.15) is 17.2 Å². The zero-order valence-corrected chi connectivity index (χ0v) is 22.1. The molecule has 1 amide bonds. The number of pyridine rings is 1. The molecular formula is C26H31N9O3. The second-order valence-corrected chi connectivity index (χ2v) is 10.4. The molecule has 1 aliphatic rings. The lowest BCUT2D eigenvalue weighted by Crippen LogP contribution is -2.44. The molecule has 2 atom stereocenters. The molecule has 0 radical (unpaired) electrons. The summed E-state index contributed by atoms with van der Waals surface area (Å²) < 4.78 is 1.48. The van der Waals surface area contributed by atoms with Gasteiger partial charge in [0, 0.05) is 35.8 Å². The number of amides is 1. The van der Waals surface area contributed by atoms with Crippen LogP contribution in [0.4, 0.5) is 5.82 Å². The molecule has 4 aromatic heterocycles. The lowest BCUT2D eigenvalue weighted by atomic mass is 9.86. The maximum absolute atomic E-state index is 13.0. The van der Waals surface area contributed by atoms with Crippen molar-refractivity contribution in [2.24, 2.45) is 0 Å². The van der Waals surface area contributed by atoms with Crippen molar-refractivity contribution in [3.63, 3.8) is 0 Å². The highest BCUT2D eigenvalue weighted by Gasteiger charge is 2.35. The predicted octanol–water partition coefficient (Wildman–Crippen LogP) is 2.64. The minimum absolute atomic E-state index is 0.0878. The summed E-state index contributed by atoms with van der Waals surface area (Å²) in [6.45, 7) is 9.02. The molecule has 12 nitrogen and oxygen atoms in total. The Morgan fingerprint density at radius 2 is 1.97 bits per heavy atom.